The van der Waals surface area contributed by atoms with Crippen molar-refractivity contribution in [2.45, 2.75) is 57.3 Å². The van der Waals surface area contributed by atoms with Crippen LogP contribution in [0.5, 0.6) is 0 Å². The van der Waals surface area contributed by atoms with Crippen LogP contribution in [0.4, 0.5) is 5.69 Å². The summed E-state index contributed by atoms with van der Waals surface area (Å²) in [4.78, 5) is 56.9. The van der Waals surface area contributed by atoms with Gasteiger partial charge >= 0.3 is 0 Å². The summed E-state index contributed by atoms with van der Waals surface area (Å²) < 4.78 is 0. The number of benzene rings is 4. The van der Waals surface area contributed by atoms with Gasteiger partial charge in [0.15, 0.2) is 0 Å². The number of carbonyl (C=O) groups excluding carboxylic acids is 4. The van der Waals surface area contributed by atoms with E-state index >= 15 is 0 Å². The molecular formula is C36H38ClN5O4. The van der Waals surface area contributed by atoms with Crippen molar-refractivity contribution < 1.29 is 19.2 Å². The predicted molar refractivity (Wildman–Crippen MR) is 180 cm³/mol. The second kappa shape index (κ2) is 14.1. The first-order chi connectivity index (χ1) is 22.0. The lowest BCUT2D eigenvalue weighted by atomic mass is 9.96. The highest BCUT2D eigenvalue weighted by Gasteiger charge is 2.43. The fourth-order valence-electron chi connectivity index (χ4n) is 6.06. The quantitative estimate of drug-likeness (QED) is 0.246. The first-order valence-corrected chi connectivity index (χ1v) is 15.7. The van der Waals surface area contributed by atoms with E-state index in [2.05, 4.69) is 5.32 Å². The van der Waals surface area contributed by atoms with Crippen molar-refractivity contribution in [3.8, 4) is 0 Å². The Balaban J connectivity index is 1.47. The third-order valence-corrected chi connectivity index (χ3v) is 8.73. The first kappa shape index (κ1) is 32.7. The highest BCUT2D eigenvalue weighted by Crippen LogP contribution is 2.33. The van der Waals surface area contributed by atoms with Crippen LogP contribution < -0.4 is 16.8 Å². The van der Waals surface area contributed by atoms with Gasteiger partial charge in [0.05, 0.1) is 12.5 Å². The minimum Gasteiger partial charge on any atom is -0.368 e. The normalized spacial score (nSPS) is 18.1. The van der Waals surface area contributed by atoms with Gasteiger partial charge in [-0.15, -0.1) is 0 Å². The van der Waals surface area contributed by atoms with Crippen molar-refractivity contribution in [1.82, 2.24) is 9.80 Å². The summed E-state index contributed by atoms with van der Waals surface area (Å²) in [7, 11) is 0. The lowest BCUT2D eigenvalue weighted by molar-refractivity contribution is -0.148. The molecule has 10 heteroatoms. The molecule has 4 atom stereocenters. The zero-order valence-corrected chi connectivity index (χ0v) is 26.6. The summed E-state index contributed by atoms with van der Waals surface area (Å²) in [6, 6.07) is 24.6. The molecule has 2 unspecified atom stereocenters. The fourth-order valence-corrected chi connectivity index (χ4v) is 6.25. The summed E-state index contributed by atoms with van der Waals surface area (Å²) in [5.74, 6) is -1.58. The number of primary amides is 1. The van der Waals surface area contributed by atoms with E-state index in [1.54, 1.807) is 60.4 Å². The van der Waals surface area contributed by atoms with E-state index in [-0.39, 0.29) is 37.2 Å². The smallest absolute Gasteiger partial charge is 0.250 e. The van der Waals surface area contributed by atoms with E-state index in [0.717, 1.165) is 16.3 Å². The maximum atomic E-state index is 14.6. The van der Waals surface area contributed by atoms with Gasteiger partial charge in [-0.25, -0.2) is 0 Å². The zero-order valence-electron chi connectivity index (χ0n) is 25.9. The molecule has 238 valence electrons. The van der Waals surface area contributed by atoms with Crippen LogP contribution in [0.15, 0.2) is 91.0 Å². The number of nitrogens with two attached hydrogens (primary N) is 2. The Labute approximate surface area is 273 Å². The second-order valence-electron chi connectivity index (χ2n) is 11.8. The van der Waals surface area contributed by atoms with Crippen molar-refractivity contribution in [3.63, 3.8) is 0 Å². The van der Waals surface area contributed by atoms with Crippen LogP contribution in [0.2, 0.25) is 5.02 Å². The van der Waals surface area contributed by atoms with E-state index in [4.69, 9.17) is 23.1 Å². The third-order valence-electron chi connectivity index (χ3n) is 8.50. The van der Waals surface area contributed by atoms with E-state index in [9.17, 15) is 19.2 Å². The average Bonchev–Trinajstić information content (AvgIpc) is 3.16. The van der Waals surface area contributed by atoms with Gasteiger partial charge in [0.2, 0.25) is 17.7 Å². The first-order valence-electron chi connectivity index (χ1n) is 15.3. The second-order valence-corrected chi connectivity index (χ2v) is 12.3. The van der Waals surface area contributed by atoms with E-state index in [0.29, 0.717) is 28.3 Å². The number of hydrogen-bond donors (Lipinski definition) is 3. The molecule has 4 aromatic carbocycles. The molecule has 5 rings (SSSR count). The number of amides is 4. The van der Waals surface area contributed by atoms with Crippen LogP contribution >= 0.6 is 11.6 Å². The van der Waals surface area contributed by atoms with Gasteiger partial charge in [0.25, 0.3) is 5.91 Å². The van der Waals surface area contributed by atoms with Gasteiger partial charge in [-0.3, -0.25) is 19.2 Å². The molecule has 5 N–H and O–H groups in total. The molecule has 1 heterocycles. The molecule has 0 bridgehead atoms. The lowest BCUT2D eigenvalue weighted by Gasteiger charge is -2.36. The van der Waals surface area contributed by atoms with Crippen LogP contribution in [0.25, 0.3) is 10.8 Å². The number of halogens is 1. The third kappa shape index (κ3) is 7.22. The minimum atomic E-state index is -1.03. The van der Waals surface area contributed by atoms with Crippen molar-refractivity contribution in [3.05, 3.63) is 113 Å². The molecule has 1 saturated heterocycles. The average molecular weight is 640 g/mol. The van der Waals surface area contributed by atoms with Crippen LogP contribution in [0.1, 0.15) is 43.0 Å². The topological polar surface area (TPSA) is 139 Å². The van der Waals surface area contributed by atoms with Gasteiger partial charge in [-0.2, -0.15) is 0 Å². The lowest BCUT2D eigenvalue weighted by Crippen LogP contribution is -2.52. The van der Waals surface area contributed by atoms with Gasteiger partial charge in [-0.05, 0) is 72.0 Å². The molecule has 1 fully saturated rings. The van der Waals surface area contributed by atoms with Crippen molar-refractivity contribution >= 4 is 51.7 Å². The fraction of sp³-hybridized carbons (Fsp3) is 0.278. The number of nitrogens with zero attached hydrogens (tertiary/aromatic N) is 2. The van der Waals surface area contributed by atoms with E-state index < -0.39 is 29.9 Å². The molecule has 0 radical (unpaired) electrons. The van der Waals surface area contributed by atoms with Crippen LogP contribution in [0.3, 0.4) is 0 Å². The van der Waals surface area contributed by atoms with Gasteiger partial charge in [0, 0.05) is 29.7 Å². The number of anilines is 1. The van der Waals surface area contributed by atoms with Crippen molar-refractivity contribution in [2.75, 3.05) is 11.9 Å². The molecule has 0 aliphatic carbocycles. The number of carbonyl (C=O) groups is 4. The van der Waals surface area contributed by atoms with Crippen molar-refractivity contribution in [1.29, 1.82) is 0 Å². The maximum absolute atomic E-state index is 14.6. The Morgan fingerprint density at radius 1 is 0.978 bits per heavy atom. The molecule has 9 nitrogen and oxygen atoms in total. The Morgan fingerprint density at radius 2 is 1.67 bits per heavy atom. The number of hydrogen-bond acceptors (Lipinski definition) is 5. The largest absolute Gasteiger partial charge is 0.368 e. The van der Waals surface area contributed by atoms with E-state index in [1.807, 2.05) is 49.4 Å². The molecule has 1 aliphatic heterocycles. The summed E-state index contributed by atoms with van der Waals surface area (Å²) in [6.45, 7) is 3.74. The Kier molecular flexibility index (Phi) is 10.0. The molecular weight excluding hydrogens is 602 g/mol. The SMILES string of the molecule is CC(N)C(=O)Nc1ccc(CC(=O)N2[C@H](C)CCN(C(Cc3cccc4ccccc34)C(N)=O)C(=O)[C@@H]2c2cccc(Cl)c2)cc1. The summed E-state index contributed by atoms with van der Waals surface area (Å²) in [6.07, 6.45) is 0.695. The highest BCUT2D eigenvalue weighted by molar-refractivity contribution is 6.30. The molecule has 0 saturated carbocycles. The molecule has 46 heavy (non-hydrogen) atoms. The van der Waals surface area contributed by atoms with Gasteiger partial charge in [0.1, 0.15) is 12.1 Å². The van der Waals surface area contributed by atoms with Crippen LogP contribution in [-0.4, -0.2) is 58.1 Å². The molecule has 0 spiro atoms. The van der Waals surface area contributed by atoms with Crippen LogP contribution in [-0.2, 0) is 32.0 Å². The van der Waals surface area contributed by atoms with Gasteiger partial charge < -0.3 is 26.6 Å². The summed E-state index contributed by atoms with van der Waals surface area (Å²) in [5, 5.41) is 5.17. The Morgan fingerprint density at radius 3 is 2.37 bits per heavy atom. The molecule has 4 amide bonds. The minimum absolute atomic E-state index is 0.0193. The molecule has 0 aromatic heterocycles. The summed E-state index contributed by atoms with van der Waals surface area (Å²) in [5.41, 5.74) is 14.4. The Bertz CT molecular complexity index is 1750. The standard InChI is InChI=1S/C36H38ClN5O4/c1-22-17-18-41(31(34(39)44)21-26-9-5-8-25-7-3-4-12-30(25)26)36(46)33(27-10-6-11-28(37)20-27)42(22)32(43)19-24-13-15-29(16-14-24)40-35(45)23(2)38/h3-16,20,22-23,31,33H,17-19,21,38H2,1-2H3,(H2,39,44)(H,40,45)/t22-,23?,31?,33+/m1/s1. The van der Waals surface area contributed by atoms with Crippen molar-refractivity contribution in [2.24, 2.45) is 11.5 Å². The Hall–Kier alpha value is -4.73. The number of fused-ring (bicyclic) bond motifs is 1. The number of rotatable bonds is 9. The summed E-state index contributed by atoms with van der Waals surface area (Å²) >= 11 is 6.39. The van der Waals surface area contributed by atoms with Crippen LogP contribution in [0, 0.1) is 0 Å². The molecule has 1 aliphatic rings. The highest BCUT2D eigenvalue weighted by atomic mass is 35.5. The number of nitrogens with one attached hydrogen (secondary N) is 1. The molecule has 4 aromatic rings. The monoisotopic (exact) mass is 639 g/mol. The maximum Gasteiger partial charge on any atom is 0.250 e. The van der Waals surface area contributed by atoms with E-state index in [1.165, 1.54) is 4.90 Å². The zero-order chi connectivity index (χ0) is 33.0. The van der Waals surface area contributed by atoms with Gasteiger partial charge in [-0.1, -0.05) is 78.3 Å². The predicted octanol–water partition coefficient (Wildman–Crippen LogP) is 4.61.